The van der Waals surface area contributed by atoms with E-state index in [9.17, 15) is 57.9 Å². The fraction of sp³-hybridized carbons (Fsp3) is 0.568. The fourth-order valence-corrected chi connectivity index (χ4v) is 9.03. The molecule has 1 saturated heterocycles. The number of unbranched alkanes of at least 4 members (excludes halogenated alkanes) is 1. The summed E-state index contributed by atoms with van der Waals surface area (Å²) >= 11 is 1.07. The third kappa shape index (κ3) is 20.1. The fourth-order valence-electron chi connectivity index (χ4n) is 5.65. The van der Waals surface area contributed by atoms with Crippen LogP contribution in [-0.4, -0.2) is 103 Å². The van der Waals surface area contributed by atoms with E-state index < -0.39 is 84.6 Å². The number of phosphoric acid groups is 3. The van der Waals surface area contributed by atoms with Crippen molar-refractivity contribution in [1.82, 2.24) is 30.2 Å². The number of carbonyl (C=O) groups is 3. The molecule has 3 heterocycles. The van der Waals surface area contributed by atoms with E-state index in [1.165, 1.54) is 13.8 Å². The molecule has 0 saturated carbocycles. The summed E-state index contributed by atoms with van der Waals surface area (Å²) in [5, 5.41) is 26.3. The van der Waals surface area contributed by atoms with Crippen LogP contribution in [0.1, 0.15) is 71.9 Å². The van der Waals surface area contributed by atoms with E-state index in [1.807, 2.05) is 12.2 Å². The lowest BCUT2D eigenvalue weighted by atomic mass is 9.87. The molecule has 2 amide bonds. The minimum atomic E-state index is -5.92. The first kappa shape index (κ1) is 55.8. The molecule has 7 atom stereocenters. The van der Waals surface area contributed by atoms with Crippen LogP contribution in [-0.2, 0) is 50.7 Å². The molecular formula is C37H54N7O17P3S-4. The maximum atomic E-state index is 12.6. The number of nitrogens with two attached hydrogens (primary N) is 1. The molecule has 3 rings (SSSR count). The minimum Gasteiger partial charge on any atom is -0.790 e. The SMILES string of the molecule is CC/C=C\C/C=C\C/C=C\CC/C=C/CC(=O)SCCNC(=O)CCNC(=O)[C@H](O)C(C)(C)COP(=O)([O-])OP(=O)([O-])OC[C@H]1O[C@@H](n2cnc3c(N)ncnc32)[C@H](O)[C@@H]1OP(=O)([O-])[O-]. The van der Waals surface area contributed by atoms with Gasteiger partial charge in [-0.3, -0.25) is 28.1 Å². The van der Waals surface area contributed by atoms with Crippen LogP contribution in [0.3, 0.4) is 0 Å². The Hall–Kier alpha value is -3.48. The van der Waals surface area contributed by atoms with Gasteiger partial charge >= 0.3 is 0 Å². The Morgan fingerprint density at radius 2 is 1.60 bits per heavy atom. The number of aliphatic hydroxyl groups is 2. The van der Waals surface area contributed by atoms with E-state index in [4.69, 9.17) is 10.5 Å². The summed E-state index contributed by atoms with van der Waals surface area (Å²) in [6.07, 6.45) is 13.6. The summed E-state index contributed by atoms with van der Waals surface area (Å²) in [5.41, 5.74) is 4.07. The van der Waals surface area contributed by atoms with Crippen LogP contribution >= 0.6 is 35.2 Å². The van der Waals surface area contributed by atoms with Crippen LogP contribution in [0.5, 0.6) is 0 Å². The first-order chi connectivity index (χ1) is 30.6. The van der Waals surface area contributed by atoms with Crippen molar-refractivity contribution >= 4 is 69.1 Å². The Morgan fingerprint density at radius 3 is 2.28 bits per heavy atom. The van der Waals surface area contributed by atoms with Crippen LogP contribution in [0.25, 0.3) is 11.2 Å². The highest BCUT2D eigenvalue weighted by Crippen LogP contribution is 2.56. The lowest BCUT2D eigenvalue weighted by molar-refractivity contribution is -0.347. The molecule has 24 nitrogen and oxygen atoms in total. The van der Waals surface area contributed by atoms with Gasteiger partial charge in [-0.25, -0.2) is 19.3 Å². The maximum absolute atomic E-state index is 12.6. The molecule has 2 unspecified atom stereocenters. The molecular weight excluding hydrogens is 939 g/mol. The zero-order valence-electron chi connectivity index (χ0n) is 35.8. The molecule has 1 aliphatic rings. The van der Waals surface area contributed by atoms with E-state index in [0.29, 0.717) is 5.75 Å². The summed E-state index contributed by atoms with van der Waals surface area (Å²) in [7, 11) is -17.6. The number of aliphatic hydroxyl groups excluding tert-OH is 2. The number of nitrogens with one attached hydrogen (secondary N) is 2. The third-order valence-corrected chi connectivity index (χ3v) is 12.9. The first-order valence-electron chi connectivity index (χ1n) is 20.1. The van der Waals surface area contributed by atoms with Crippen LogP contribution in [0.4, 0.5) is 5.82 Å². The number of phosphoric ester groups is 3. The molecule has 0 aliphatic carbocycles. The largest absolute Gasteiger partial charge is 0.790 e. The second-order valence-corrected chi connectivity index (χ2v) is 20.0. The molecule has 28 heteroatoms. The smallest absolute Gasteiger partial charge is 0.274 e. The van der Waals surface area contributed by atoms with E-state index in [1.54, 1.807) is 0 Å². The van der Waals surface area contributed by atoms with Gasteiger partial charge in [-0.15, -0.1) is 0 Å². The molecule has 0 spiro atoms. The van der Waals surface area contributed by atoms with Crippen LogP contribution < -0.4 is 35.9 Å². The van der Waals surface area contributed by atoms with Crippen molar-refractivity contribution in [2.75, 3.05) is 37.8 Å². The van der Waals surface area contributed by atoms with Crippen LogP contribution in [0, 0.1) is 5.41 Å². The summed E-state index contributed by atoms with van der Waals surface area (Å²) in [6.45, 7) is 2.18. The number of imidazole rings is 1. The van der Waals surface area contributed by atoms with Gasteiger partial charge in [0.15, 0.2) is 22.8 Å². The Kier molecular flexibility index (Phi) is 23.0. The lowest BCUT2D eigenvalue weighted by Gasteiger charge is -2.36. The minimum absolute atomic E-state index is 0.0222. The number of aromatic nitrogens is 4. The Balaban J connectivity index is 1.36. The van der Waals surface area contributed by atoms with Crippen molar-refractivity contribution in [3.05, 3.63) is 61.3 Å². The molecule has 65 heavy (non-hydrogen) atoms. The zero-order chi connectivity index (χ0) is 48.3. The molecule has 6 N–H and O–H groups in total. The summed E-state index contributed by atoms with van der Waals surface area (Å²) in [6, 6.07) is 0. The van der Waals surface area contributed by atoms with Crippen molar-refractivity contribution in [2.45, 2.75) is 96.4 Å². The molecule has 364 valence electrons. The van der Waals surface area contributed by atoms with Gasteiger partial charge in [0.2, 0.25) is 11.8 Å². The number of fused-ring (bicyclic) bond motifs is 1. The van der Waals surface area contributed by atoms with Gasteiger partial charge in [-0.1, -0.05) is 81.1 Å². The van der Waals surface area contributed by atoms with Gasteiger partial charge in [-0.2, -0.15) is 0 Å². The van der Waals surface area contributed by atoms with Crippen molar-refractivity contribution in [2.24, 2.45) is 5.41 Å². The van der Waals surface area contributed by atoms with Crippen LogP contribution in [0.15, 0.2) is 61.3 Å². The summed E-state index contributed by atoms with van der Waals surface area (Å²) in [5.74, 6) is -1.23. The van der Waals surface area contributed by atoms with E-state index in [2.05, 4.69) is 86.8 Å². The van der Waals surface area contributed by atoms with Crippen LogP contribution in [0.2, 0.25) is 0 Å². The van der Waals surface area contributed by atoms with E-state index in [-0.39, 0.29) is 48.0 Å². The van der Waals surface area contributed by atoms with Gasteiger partial charge < -0.3 is 69.0 Å². The van der Waals surface area contributed by atoms with Gasteiger partial charge in [0, 0.05) is 37.1 Å². The second kappa shape index (κ2) is 26.8. The summed E-state index contributed by atoms with van der Waals surface area (Å²) in [4.78, 5) is 96.6. The predicted octanol–water partition coefficient (Wildman–Crippen LogP) is 0.722. The zero-order valence-corrected chi connectivity index (χ0v) is 39.3. The normalized spacial score (nSPS) is 20.8. The standard InChI is InChI=1S/C37H58N7O17P3S/c1-4-5-6-7-8-9-10-11-12-13-14-15-16-17-28(46)65-21-20-39-27(45)18-19-40-35(49)32(48)37(2,3)23-58-64(55,56)61-63(53,54)57-22-26-31(60-62(50,51)52)30(47)36(59-26)44-25-43-29-33(38)41-24-42-34(29)44/h5-6,8-9,11-12,15-16,24-26,30-32,36,47-48H,4,7,10,13-14,17-23H2,1-3H3,(H,39,45)(H,40,49)(H,53,54)(H,55,56)(H2,38,41,42)(H2,50,51,52)/p-4/b6-5-,9-8-,12-11-,16-15+/t26-,30-,31-,32+,36-/m1/s1. The number of allylic oxidation sites excluding steroid dienone is 8. The highest BCUT2D eigenvalue weighted by molar-refractivity contribution is 8.13. The number of nitrogen functional groups attached to an aromatic ring is 1. The number of hydrogen-bond acceptors (Lipinski definition) is 22. The predicted molar refractivity (Wildman–Crippen MR) is 228 cm³/mol. The number of thioether (sulfide) groups is 1. The van der Waals surface area contributed by atoms with Crippen molar-refractivity contribution in [3.63, 3.8) is 0 Å². The first-order valence-corrected chi connectivity index (χ1v) is 25.5. The number of carbonyl (C=O) groups excluding carboxylic acids is 3. The molecule has 2 aromatic heterocycles. The number of amides is 2. The Morgan fingerprint density at radius 1 is 0.954 bits per heavy atom. The molecule has 0 radical (unpaired) electrons. The number of nitrogens with zero attached hydrogens (tertiary/aromatic N) is 4. The monoisotopic (exact) mass is 993 g/mol. The average molecular weight is 994 g/mol. The van der Waals surface area contributed by atoms with E-state index in [0.717, 1.165) is 61.1 Å². The highest BCUT2D eigenvalue weighted by atomic mass is 32.2. The average Bonchev–Trinajstić information content (AvgIpc) is 3.79. The van der Waals surface area contributed by atoms with E-state index >= 15 is 0 Å². The van der Waals surface area contributed by atoms with Gasteiger partial charge in [0.05, 0.1) is 27.4 Å². The number of anilines is 1. The van der Waals surface area contributed by atoms with Gasteiger partial charge in [0.25, 0.3) is 15.6 Å². The highest BCUT2D eigenvalue weighted by Gasteiger charge is 2.47. The molecule has 0 bridgehead atoms. The maximum Gasteiger partial charge on any atom is 0.274 e. The Bertz CT molecular complexity index is 2150. The second-order valence-electron chi connectivity index (χ2n) is 14.8. The number of hydrogen-bond donors (Lipinski definition) is 5. The number of ether oxygens (including phenoxy) is 1. The van der Waals surface area contributed by atoms with Gasteiger partial charge in [-0.05, 0) is 32.1 Å². The molecule has 0 aromatic carbocycles. The summed E-state index contributed by atoms with van der Waals surface area (Å²) < 4.78 is 60.7. The van der Waals surface area contributed by atoms with Crippen molar-refractivity contribution in [1.29, 1.82) is 0 Å². The number of rotatable bonds is 29. The molecule has 2 aromatic rings. The molecule has 1 fully saturated rings. The quantitative estimate of drug-likeness (QED) is 0.0426. The molecule has 1 aliphatic heterocycles. The van der Waals surface area contributed by atoms with Gasteiger partial charge in [0.1, 0.15) is 36.3 Å². The van der Waals surface area contributed by atoms with Crippen molar-refractivity contribution in [3.8, 4) is 0 Å². The lowest BCUT2D eigenvalue weighted by Crippen LogP contribution is -2.46. The Labute approximate surface area is 379 Å². The third-order valence-electron chi connectivity index (χ3n) is 8.97. The van der Waals surface area contributed by atoms with Crippen molar-refractivity contribution < 1.29 is 80.5 Å². The topological polar surface area (TPSA) is 375 Å².